The molecule has 1 N–H and O–H groups in total. The summed E-state index contributed by atoms with van der Waals surface area (Å²) in [5.41, 5.74) is 3.66. The lowest BCUT2D eigenvalue weighted by Gasteiger charge is -2.22. The van der Waals surface area contributed by atoms with Crippen LogP contribution in [0.5, 0.6) is 0 Å². The third-order valence-electron chi connectivity index (χ3n) is 6.36. The van der Waals surface area contributed by atoms with Crippen molar-refractivity contribution in [3.05, 3.63) is 23.9 Å². The topological polar surface area (TPSA) is 93.8 Å². The number of aryl methyl sites for hydroxylation is 3. The van der Waals surface area contributed by atoms with Gasteiger partial charge in [0.2, 0.25) is 11.0 Å². The van der Waals surface area contributed by atoms with Crippen LogP contribution in [0, 0.1) is 6.92 Å². The molecule has 2 aliphatic rings. The molecule has 0 unspecified atom stereocenters. The quantitative estimate of drug-likeness (QED) is 0.463. The Bertz CT molecular complexity index is 1330. The summed E-state index contributed by atoms with van der Waals surface area (Å²) in [6.07, 6.45) is 6.81. The molecular formula is C22H26N8OS. The minimum absolute atomic E-state index is 0.247. The Balaban J connectivity index is 1.44. The van der Waals surface area contributed by atoms with Crippen molar-refractivity contribution < 1.29 is 4.79 Å². The van der Waals surface area contributed by atoms with Crippen molar-refractivity contribution in [3.8, 4) is 0 Å². The number of hydrogen-bond donors (Lipinski definition) is 1. The molecule has 2 fully saturated rings. The van der Waals surface area contributed by atoms with Gasteiger partial charge in [0.1, 0.15) is 17.0 Å². The number of hydrogen-bond acceptors (Lipinski definition) is 7. The maximum Gasteiger partial charge on any atom is 0.229 e. The van der Waals surface area contributed by atoms with Crippen LogP contribution in [0.4, 0.5) is 10.9 Å². The van der Waals surface area contributed by atoms with Gasteiger partial charge in [0, 0.05) is 48.3 Å². The number of rotatable bonds is 7. The number of aromatic nitrogens is 6. The smallest absolute Gasteiger partial charge is 0.229 e. The van der Waals surface area contributed by atoms with Crippen LogP contribution < -0.4 is 5.32 Å². The fourth-order valence-corrected chi connectivity index (χ4v) is 5.23. The molecule has 0 bridgehead atoms. The minimum Gasteiger partial charge on any atom is -0.336 e. The number of carbonyl (C=O) groups excluding carboxylic acids is 1. The molecule has 0 spiro atoms. The average molecular weight is 451 g/mol. The third kappa shape index (κ3) is 3.24. The van der Waals surface area contributed by atoms with Crippen LogP contribution in [0.3, 0.4) is 0 Å². The Labute approximate surface area is 189 Å². The first-order valence-corrected chi connectivity index (χ1v) is 12.0. The van der Waals surface area contributed by atoms with E-state index >= 15 is 0 Å². The first kappa shape index (κ1) is 19.7. The van der Waals surface area contributed by atoms with E-state index in [0.29, 0.717) is 29.5 Å². The van der Waals surface area contributed by atoms with Gasteiger partial charge in [-0.25, -0.2) is 15.0 Å². The van der Waals surface area contributed by atoms with Gasteiger partial charge in [-0.15, -0.1) is 0 Å². The fraction of sp³-hybridized carbons (Fsp3) is 0.500. The Hall–Kier alpha value is -3.01. The van der Waals surface area contributed by atoms with Gasteiger partial charge < -0.3 is 19.4 Å². The molecule has 6 rings (SSSR count). The highest BCUT2D eigenvalue weighted by molar-refractivity contribution is 7.09. The highest BCUT2D eigenvalue weighted by atomic mass is 32.1. The second-order valence-corrected chi connectivity index (χ2v) is 9.59. The van der Waals surface area contributed by atoms with Crippen LogP contribution in [0.25, 0.3) is 22.1 Å². The van der Waals surface area contributed by atoms with Gasteiger partial charge in [0.05, 0.1) is 18.3 Å². The predicted molar refractivity (Wildman–Crippen MR) is 124 cm³/mol. The van der Waals surface area contributed by atoms with E-state index in [-0.39, 0.29) is 5.91 Å². The predicted octanol–water partition coefficient (Wildman–Crippen LogP) is 3.54. The first-order valence-electron chi connectivity index (χ1n) is 11.2. The van der Waals surface area contributed by atoms with Crippen molar-refractivity contribution in [2.45, 2.75) is 64.6 Å². The average Bonchev–Trinajstić information content (AvgIpc) is 3.67. The zero-order valence-electron chi connectivity index (χ0n) is 18.5. The zero-order valence-corrected chi connectivity index (χ0v) is 19.3. The van der Waals surface area contributed by atoms with Crippen LogP contribution >= 0.6 is 11.5 Å². The van der Waals surface area contributed by atoms with Gasteiger partial charge in [-0.3, -0.25) is 4.79 Å². The van der Waals surface area contributed by atoms with E-state index < -0.39 is 0 Å². The Morgan fingerprint density at radius 1 is 1.25 bits per heavy atom. The Morgan fingerprint density at radius 2 is 2.00 bits per heavy atom. The maximum absolute atomic E-state index is 13.3. The van der Waals surface area contributed by atoms with Crippen molar-refractivity contribution >= 4 is 50.5 Å². The summed E-state index contributed by atoms with van der Waals surface area (Å²) in [5, 5.41) is 5.02. The molecule has 10 heteroatoms. The molecule has 4 heterocycles. The summed E-state index contributed by atoms with van der Waals surface area (Å²) in [5.74, 6) is 1.63. The highest BCUT2D eigenvalue weighted by Gasteiger charge is 2.42. The number of imidazole rings is 1. The SMILES string of the molecule is CCn1c(CC(=O)N(C2CC2)C2CC2)cc2c3c(ncn3C)c(Nc3nc(C)ns3)nc21. The van der Waals surface area contributed by atoms with Gasteiger partial charge in [0.15, 0.2) is 5.82 Å². The molecule has 166 valence electrons. The molecule has 2 saturated carbocycles. The third-order valence-corrected chi connectivity index (χ3v) is 7.08. The zero-order chi connectivity index (χ0) is 22.0. The number of amides is 1. The molecule has 0 aliphatic heterocycles. The molecule has 0 radical (unpaired) electrons. The van der Waals surface area contributed by atoms with Gasteiger partial charge in [-0.1, -0.05) is 0 Å². The van der Waals surface area contributed by atoms with Gasteiger partial charge in [-0.05, 0) is 45.6 Å². The molecule has 2 aliphatic carbocycles. The van der Waals surface area contributed by atoms with E-state index in [1.165, 1.54) is 11.5 Å². The highest BCUT2D eigenvalue weighted by Crippen LogP contribution is 2.38. The molecule has 1 amide bonds. The van der Waals surface area contributed by atoms with Gasteiger partial charge in [0.25, 0.3) is 0 Å². The number of nitrogens with one attached hydrogen (secondary N) is 1. The van der Waals surface area contributed by atoms with E-state index in [4.69, 9.17) is 4.98 Å². The van der Waals surface area contributed by atoms with Crippen LogP contribution in [-0.2, 0) is 24.8 Å². The summed E-state index contributed by atoms with van der Waals surface area (Å²) in [4.78, 5) is 29.4. The van der Waals surface area contributed by atoms with Crippen LogP contribution in [0.15, 0.2) is 12.4 Å². The minimum atomic E-state index is 0.247. The summed E-state index contributed by atoms with van der Waals surface area (Å²) < 4.78 is 8.43. The van der Waals surface area contributed by atoms with Crippen LogP contribution in [0.2, 0.25) is 0 Å². The lowest BCUT2D eigenvalue weighted by atomic mass is 10.2. The Kier molecular flexibility index (Phi) is 4.46. The molecule has 4 aromatic heterocycles. The number of nitrogens with zero attached hydrogens (tertiary/aromatic N) is 7. The first-order chi connectivity index (χ1) is 15.5. The van der Waals surface area contributed by atoms with Crippen molar-refractivity contribution in [1.82, 2.24) is 33.4 Å². The van der Waals surface area contributed by atoms with Crippen molar-refractivity contribution in [3.63, 3.8) is 0 Å². The van der Waals surface area contributed by atoms with Crippen LogP contribution in [0.1, 0.15) is 44.1 Å². The van der Waals surface area contributed by atoms with E-state index in [9.17, 15) is 4.79 Å². The van der Waals surface area contributed by atoms with Gasteiger partial charge >= 0.3 is 0 Å². The van der Waals surface area contributed by atoms with E-state index in [0.717, 1.165) is 65.8 Å². The molecule has 0 saturated heterocycles. The summed E-state index contributed by atoms with van der Waals surface area (Å²) in [6, 6.07) is 3.05. The summed E-state index contributed by atoms with van der Waals surface area (Å²) in [7, 11) is 1.99. The van der Waals surface area contributed by atoms with E-state index in [1.807, 2.05) is 18.5 Å². The standard InChI is InChI=1S/C22H26N8OS/c1-4-29-15(10-17(31)30(13-5-6-13)14-7-8-14)9-16-19-18(23-11-28(19)3)20(25-21(16)29)26-22-24-12(2)27-32-22/h9,11,13-14H,4-8,10H2,1-3H3,(H,24,25,26,27). The van der Waals surface area contributed by atoms with Crippen molar-refractivity contribution in [1.29, 1.82) is 0 Å². The molecule has 0 aromatic carbocycles. The summed E-state index contributed by atoms with van der Waals surface area (Å²) in [6.45, 7) is 4.71. The van der Waals surface area contributed by atoms with Gasteiger partial charge in [-0.2, -0.15) is 4.37 Å². The number of fused-ring (bicyclic) bond motifs is 3. The number of pyridine rings is 1. The lowest BCUT2D eigenvalue weighted by Crippen LogP contribution is -2.36. The molecule has 0 atom stereocenters. The maximum atomic E-state index is 13.3. The lowest BCUT2D eigenvalue weighted by molar-refractivity contribution is -0.131. The second-order valence-electron chi connectivity index (χ2n) is 8.84. The number of carbonyl (C=O) groups is 1. The Morgan fingerprint density at radius 3 is 2.62 bits per heavy atom. The molecule has 9 nitrogen and oxygen atoms in total. The summed E-state index contributed by atoms with van der Waals surface area (Å²) >= 11 is 1.31. The van der Waals surface area contributed by atoms with Crippen molar-refractivity contribution in [2.24, 2.45) is 7.05 Å². The van der Waals surface area contributed by atoms with Crippen molar-refractivity contribution in [2.75, 3.05) is 5.32 Å². The second kappa shape index (κ2) is 7.26. The van der Waals surface area contributed by atoms with E-state index in [2.05, 4.69) is 42.1 Å². The van der Waals surface area contributed by atoms with Crippen LogP contribution in [-0.4, -0.2) is 51.4 Å². The largest absolute Gasteiger partial charge is 0.336 e. The molecule has 4 aromatic rings. The fourth-order valence-electron chi connectivity index (χ4n) is 4.66. The molecular weight excluding hydrogens is 424 g/mol. The molecule has 32 heavy (non-hydrogen) atoms. The number of anilines is 2. The monoisotopic (exact) mass is 450 g/mol. The van der Waals surface area contributed by atoms with E-state index in [1.54, 1.807) is 6.33 Å². The normalized spacial score (nSPS) is 16.2.